The van der Waals surface area contributed by atoms with Crippen molar-refractivity contribution >= 4 is 27.5 Å². The standard InChI is InChI=1S/C16H20BrFN2O/c1-9-4-13(17)14(18)8-15(9)20-16(21)7-10-5-11-2-3-12(6-10)19-11/h4,8,10-12,19H,2-3,5-7H2,1H3,(H,20,21). The van der Waals surface area contributed by atoms with E-state index in [-0.39, 0.29) is 11.7 Å². The molecule has 0 aromatic heterocycles. The summed E-state index contributed by atoms with van der Waals surface area (Å²) in [5.74, 6) is 0.0892. The molecule has 3 nitrogen and oxygen atoms in total. The van der Waals surface area contributed by atoms with Gasteiger partial charge in [0.15, 0.2) is 0 Å². The molecule has 0 aliphatic carbocycles. The highest BCUT2D eigenvalue weighted by Crippen LogP contribution is 2.33. The first-order valence-corrected chi connectivity index (χ1v) is 8.32. The highest BCUT2D eigenvalue weighted by Gasteiger charge is 2.34. The molecule has 1 aromatic carbocycles. The number of hydrogen-bond acceptors (Lipinski definition) is 2. The average molecular weight is 355 g/mol. The molecule has 2 aliphatic rings. The molecular formula is C16H20BrFN2O. The van der Waals surface area contributed by atoms with Crippen LogP contribution in [-0.4, -0.2) is 18.0 Å². The van der Waals surface area contributed by atoms with Gasteiger partial charge in [0, 0.05) is 24.2 Å². The zero-order chi connectivity index (χ0) is 15.0. The van der Waals surface area contributed by atoms with Crippen LogP contribution >= 0.6 is 15.9 Å². The molecule has 2 aliphatic heterocycles. The molecule has 2 unspecified atom stereocenters. The maximum atomic E-state index is 13.6. The Balaban J connectivity index is 1.60. The van der Waals surface area contributed by atoms with Crippen molar-refractivity contribution < 1.29 is 9.18 Å². The lowest BCUT2D eigenvalue weighted by atomic mass is 9.89. The van der Waals surface area contributed by atoms with Crippen molar-refractivity contribution in [3.05, 3.63) is 28.0 Å². The van der Waals surface area contributed by atoms with E-state index in [9.17, 15) is 9.18 Å². The summed E-state index contributed by atoms with van der Waals surface area (Å²) in [6.45, 7) is 1.87. The lowest BCUT2D eigenvalue weighted by molar-refractivity contribution is -0.117. The molecule has 2 heterocycles. The molecule has 3 rings (SSSR count). The lowest BCUT2D eigenvalue weighted by Gasteiger charge is -2.28. The van der Waals surface area contributed by atoms with Gasteiger partial charge >= 0.3 is 0 Å². The fourth-order valence-electron chi connectivity index (χ4n) is 3.59. The van der Waals surface area contributed by atoms with Crippen LogP contribution in [0.15, 0.2) is 16.6 Å². The monoisotopic (exact) mass is 354 g/mol. The minimum atomic E-state index is -0.351. The third-order valence-corrected chi connectivity index (χ3v) is 5.19. The van der Waals surface area contributed by atoms with Crippen molar-refractivity contribution in [1.29, 1.82) is 0 Å². The van der Waals surface area contributed by atoms with E-state index in [4.69, 9.17) is 0 Å². The number of hydrogen-bond donors (Lipinski definition) is 2. The smallest absolute Gasteiger partial charge is 0.224 e. The Labute approximate surface area is 132 Å². The molecule has 1 amide bonds. The fraction of sp³-hybridized carbons (Fsp3) is 0.562. The summed E-state index contributed by atoms with van der Waals surface area (Å²) in [5.41, 5.74) is 1.43. The third-order valence-electron chi connectivity index (χ3n) is 4.59. The molecule has 2 fully saturated rings. The van der Waals surface area contributed by atoms with Crippen LogP contribution in [0.1, 0.15) is 37.7 Å². The Bertz CT molecular complexity index is 551. The number of fused-ring (bicyclic) bond motifs is 2. The van der Waals surface area contributed by atoms with Crippen LogP contribution in [0.5, 0.6) is 0 Å². The predicted octanol–water partition coefficient (Wildman–Crippen LogP) is 3.76. The highest BCUT2D eigenvalue weighted by atomic mass is 79.9. The second-order valence-corrected chi connectivity index (χ2v) is 7.16. The van der Waals surface area contributed by atoms with Crippen molar-refractivity contribution in [2.45, 2.75) is 51.1 Å². The first-order valence-electron chi connectivity index (χ1n) is 7.53. The second kappa shape index (κ2) is 6.05. The van der Waals surface area contributed by atoms with E-state index in [0.29, 0.717) is 34.6 Å². The number of benzene rings is 1. The number of halogens is 2. The van der Waals surface area contributed by atoms with Gasteiger partial charge in [-0.2, -0.15) is 0 Å². The molecule has 21 heavy (non-hydrogen) atoms. The number of carbonyl (C=O) groups excluding carboxylic acids is 1. The molecule has 2 saturated heterocycles. The van der Waals surface area contributed by atoms with E-state index in [0.717, 1.165) is 18.4 Å². The van der Waals surface area contributed by atoms with E-state index in [2.05, 4.69) is 26.6 Å². The normalized spacial score (nSPS) is 27.7. The van der Waals surface area contributed by atoms with E-state index in [1.165, 1.54) is 18.9 Å². The molecule has 2 atom stereocenters. The summed E-state index contributed by atoms with van der Waals surface area (Å²) >= 11 is 3.15. The van der Waals surface area contributed by atoms with Crippen LogP contribution in [0.4, 0.5) is 10.1 Å². The zero-order valence-corrected chi connectivity index (χ0v) is 13.7. The Morgan fingerprint density at radius 3 is 2.71 bits per heavy atom. The summed E-state index contributed by atoms with van der Waals surface area (Å²) in [7, 11) is 0. The van der Waals surface area contributed by atoms with Crippen LogP contribution in [0, 0.1) is 18.7 Å². The van der Waals surface area contributed by atoms with E-state index in [1.54, 1.807) is 6.07 Å². The Hall–Kier alpha value is -0.940. The van der Waals surface area contributed by atoms with Gasteiger partial charge in [-0.05, 0) is 72.2 Å². The van der Waals surface area contributed by atoms with Gasteiger partial charge in [0.05, 0.1) is 4.47 Å². The van der Waals surface area contributed by atoms with E-state index >= 15 is 0 Å². The number of piperidine rings is 1. The Morgan fingerprint density at radius 2 is 2.05 bits per heavy atom. The van der Waals surface area contributed by atoms with Gasteiger partial charge in [0.2, 0.25) is 5.91 Å². The van der Waals surface area contributed by atoms with Gasteiger partial charge in [0.25, 0.3) is 0 Å². The molecular weight excluding hydrogens is 335 g/mol. The number of nitrogens with one attached hydrogen (secondary N) is 2. The first kappa shape index (κ1) is 15.0. The minimum absolute atomic E-state index is 0.00822. The maximum absolute atomic E-state index is 13.6. The molecule has 0 saturated carbocycles. The molecule has 114 valence electrons. The first-order chi connectivity index (χ1) is 10.0. The largest absolute Gasteiger partial charge is 0.326 e. The van der Waals surface area contributed by atoms with Gasteiger partial charge < -0.3 is 10.6 Å². The van der Waals surface area contributed by atoms with Gasteiger partial charge in [-0.1, -0.05) is 0 Å². The quantitative estimate of drug-likeness (QED) is 0.867. The average Bonchev–Trinajstić information content (AvgIpc) is 2.75. The SMILES string of the molecule is Cc1cc(Br)c(F)cc1NC(=O)CC1CC2CCC(C1)N2. The summed E-state index contributed by atoms with van der Waals surface area (Å²) in [4.78, 5) is 12.2. The predicted molar refractivity (Wildman–Crippen MR) is 84.8 cm³/mol. The zero-order valence-electron chi connectivity index (χ0n) is 12.1. The van der Waals surface area contributed by atoms with Gasteiger partial charge in [-0.15, -0.1) is 0 Å². The van der Waals surface area contributed by atoms with Gasteiger partial charge in [-0.3, -0.25) is 4.79 Å². The van der Waals surface area contributed by atoms with E-state index < -0.39 is 0 Å². The fourth-order valence-corrected chi connectivity index (χ4v) is 4.04. The van der Waals surface area contributed by atoms with Crippen LogP contribution in [0.2, 0.25) is 0 Å². The molecule has 1 aromatic rings. The van der Waals surface area contributed by atoms with Crippen LogP contribution < -0.4 is 10.6 Å². The van der Waals surface area contributed by atoms with Crippen molar-refractivity contribution in [2.24, 2.45) is 5.92 Å². The molecule has 2 bridgehead atoms. The van der Waals surface area contributed by atoms with Crippen LogP contribution in [-0.2, 0) is 4.79 Å². The summed E-state index contributed by atoms with van der Waals surface area (Å²) < 4.78 is 14.0. The van der Waals surface area contributed by atoms with Gasteiger partial charge in [-0.25, -0.2) is 4.39 Å². The van der Waals surface area contributed by atoms with Gasteiger partial charge in [0.1, 0.15) is 5.82 Å². The van der Waals surface area contributed by atoms with Crippen molar-refractivity contribution in [1.82, 2.24) is 5.32 Å². The summed E-state index contributed by atoms with van der Waals surface area (Å²) in [5, 5.41) is 6.43. The summed E-state index contributed by atoms with van der Waals surface area (Å²) in [6.07, 6.45) is 5.17. The molecule has 2 N–H and O–H groups in total. The molecule has 5 heteroatoms. The number of rotatable bonds is 3. The van der Waals surface area contributed by atoms with Crippen LogP contribution in [0.3, 0.4) is 0 Å². The number of amides is 1. The lowest BCUT2D eigenvalue weighted by Crippen LogP contribution is -2.39. The molecule has 0 radical (unpaired) electrons. The Kier molecular flexibility index (Phi) is 4.31. The van der Waals surface area contributed by atoms with Crippen molar-refractivity contribution in [2.75, 3.05) is 5.32 Å². The topological polar surface area (TPSA) is 41.1 Å². The van der Waals surface area contributed by atoms with Crippen molar-refractivity contribution in [3.63, 3.8) is 0 Å². The maximum Gasteiger partial charge on any atom is 0.224 e. The molecule has 0 spiro atoms. The summed E-state index contributed by atoms with van der Waals surface area (Å²) in [6, 6.07) is 4.25. The van der Waals surface area contributed by atoms with E-state index in [1.807, 2.05) is 6.92 Å². The second-order valence-electron chi connectivity index (χ2n) is 6.31. The van der Waals surface area contributed by atoms with Crippen LogP contribution in [0.25, 0.3) is 0 Å². The highest BCUT2D eigenvalue weighted by molar-refractivity contribution is 9.10. The number of anilines is 1. The Morgan fingerprint density at radius 1 is 1.38 bits per heavy atom. The number of aryl methyl sites for hydroxylation is 1. The number of carbonyl (C=O) groups is 1. The van der Waals surface area contributed by atoms with Crippen molar-refractivity contribution in [3.8, 4) is 0 Å². The minimum Gasteiger partial charge on any atom is -0.326 e. The third kappa shape index (κ3) is 3.46.